The van der Waals surface area contributed by atoms with Crippen molar-refractivity contribution >= 4 is 29.8 Å². The Kier molecular flexibility index (Phi) is 6.87. The van der Waals surface area contributed by atoms with Gasteiger partial charge in [0.1, 0.15) is 23.1 Å². The van der Waals surface area contributed by atoms with E-state index in [1.165, 1.54) is 18.2 Å². The number of thioether (sulfide) groups is 1. The summed E-state index contributed by atoms with van der Waals surface area (Å²) in [4.78, 5) is 26.9. The maximum atomic E-state index is 11.7. The van der Waals surface area contributed by atoms with Gasteiger partial charge in [0, 0.05) is 12.0 Å². The zero-order valence-corrected chi connectivity index (χ0v) is 16.8. The molecular formula is C21H19N3O5S. The average molecular weight is 425 g/mol. The highest BCUT2D eigenvalue weighted by Gasteiger charge is 2.15. The molecule has 0 saturated heterocycles. The second kappa shape index (κ2) is 9.75. The van der Waals surface area contributed by atoms with Crippen LogP contribution in [-0.2, 0) is 17.8 Å². The number of hydrogen-bond donors (Lipinski definition) is 3. The largest absolute Gasteiger partial charge is 0.488 e. The minimum atomic E-state index is -1.10. The lowest BCUT2D eigenvalue weighted by Crippen LogP contribution is -2.01. The average Bonchev–Trinajstić information content (AvgIpc) is 3.20. The fraction of sp³-hybridized carbons (Fsp3) is 0.143. The number of nitrogens with zero attached hydrogens (tertiary/aromatic N) is 2. The minimum absolute atomic E-state index is 0.0542. The molecule has 0 aliphatic carbocycles. The van der Waals surface area contributed by atoms with Gasteiger partial charge in [-0.1, -0.05) is 37.3 Å². The molecule has 0 spiro atoms. The predicted octanol–water partition coefficient (Wildman–Crippen LogP) is 3.86. The van der Waals surface area contributed by atoms with Gasteiger partial charge in [-0.15, -0.1) is 5.10 Å². The number of aryl methyl sites for hydroxylation is 1. The first kappa shape index (κ1) is 21.1. The minimum Gasteiger partial charge on any atom is -0.488 e. The Labute approximate surface area is 176 Å². The number of aromatic nitrogens is 3. The van der Waals surface area contributed by atoms with Crippen LogP contribution in [0, 0.1) is 0 Å². The van der Waals surface area contributed by atoms with Gasteiger partial charge in [-0.25, -0.2) is 14.6 Å². The summed E-state index contributed by atoms with van der Waals surface area (Å²) in [5, 5.41) is 25.7. The van der Waals surface area contributed by atoms with Crippen LogP contribution in [0.25, 0.3) is 6.08 Å². The number of aromatic amines is 1. The normalized spacial score (nSPS) is 11.3. The third kappa shape index (κ3) is 5.48. The number of carbonyl (C=O) groups is 2. The Morgan fingerprint density at radius 3 is 2.50 bits per heavy atom. The molecule has 154 valence electrons. The third-order valence-electron chi connectivity index (χ3n) is 4.06. The molecule has 2 aromatic carbocycles. The van der Waals surface area contributed by atoms with Crippen molar-refractivity contribution < 1.29 is 24.5 Å². The van der Waals surface area contributed by atoms with Gasteiger partial charge in [0.25, 0.3) is 0 Å². The van der Waals surface area contributed by atoms with Gasteiger partial charge in [-0.05, 0) is 41.6 Å². The van der Waals surface area contributed by atoms with E-state index < -0.39 is 11.9 Å². The summed E-state index contributed by atoms with van der Waals surface area (Å²) in [6, 6.07) is 13.4. The van der Waals surface area contributed by atoms with Crippen LogP contribution in [0.2, 0.25) is 0 Å². The Hall–Kier alpha value is -3.59. The molecule has 3 rings (SSSR count). The Morgan fingerprint density at radius 1 is 1.13 bits per heavy atom. The number of hydrogen-bond acceptors (Lipinski definition) is 6. The molecule has 9 heteroatoms. The van der Waals surface area contributed by atoms with E-state index in [2.05, 4.69) is 15.2 Å². The first-order valence-corrected chi connectivity index (χ1v) is 9.86. The van der Waals surface area contributed by atoms with Crippen molar-refractivity contribution in [3.63, 3.8) is 0 Å². The number of para-hydroxylation sites is 1. The van der Waals surface area contributed by atoms with Crippen LogP contribution in [0.5, 0.6) is 5.75 Å². The Bertz CT molecular complexity index is 1080. The van der Waals surface area contributed by atoms with Crippen LogP contribution in [0.4, 0.5) is 0 Å². The van der Waals surface area contributed by atoms with E-state index in [1.807, 2.05) is 6.92 Å². The topological polar surface area (TPSA) is 125 Å². The van der Waals surface area contributed by atoms with Crippen LogP contribution >= 0.6 is 11.8 Å². The number of carboxylic acid groups (broad SMARTS) is 2. The highest BCUT2D eigenvalue weighted by atomic mass is 32.2. The second-order valence-electron chi connectivity index (χ2n) is 6.16. The lowest BCUT2D eigenvalue weighted by molar-refractivity contribution is -0.131. The van der Waals surface area contributed by atoms with E-state index in [9.17, 15) is 14.7 Å². The monoisotopic (exact) mass is 425 g/mol. The summed E-state index contributed by atoms with van der Waals surface area (Å²) in [5.41, 5.74) is 1.58. The molecule has 8 nitrogen and oxygen atoms in total. The molecule has 0 atom stereocenters. The maximum Gasteiger partial charge on any atom is 0.342 e. The number of ether oxygens (including phenoxy) is 1. The molecule has 0 unspecified atom stereocenters. The van der Waals surface area contributed by atoms with Gasteiger partial charge in [0.05, 0.1) is 5.56 Å². The molecule has 1 heterocycles. The number of nitrogens with one attached hydrogen (secondary N) is 1. The second-order valence-corrected chi connectivity index (χ2v) is 7.17. The molecule has 0 radical (unpaired) electrons. The van der Waals surface area contributed by atoms with Gasteiger partial charge < -0.3 is 14.9 Å². The maximum absolute atomic E-state index is 11.7. The van der Waals surface area contributed by atoms with Crippen molar-refractivity contribution in [2.24, 2.45) is 0 Å². The molecule has 0 aliphatic heterocycles. The summed E-state index contributed by atoms with van der Waals surface area (Å²) in [6.45, 7) is 2.13. The number of aliphatic carboxylic acids is 1. The molecule has 3 N–H and O–H groups in total. The van der Waals surface area contributed by atoms with Gasteiger partial charge >= 0.3 is 11.9 Å². The summed E-state index contributed by atoms with van der Waals surface area (Å²) in [6.07, 6.45) is 2.18. The summed E-state index contributed by atoms with van der Waals surface area (Å²) >= 11 is 0.952. The lowest BCUT2D eigenvalue weighted by Gasteiger charge is -2.10. The molecule has 3 aromatic rings. The van der Waals surface area contributed by atoms with Gasteiger partial charge in [0.15, 0.2) is 0 Å². The summed E-state index contributed by atoms with van der Waals surface area (Å²) in [5.74, 6) is -0.903. The van der Waals surface area contributed by atoms with Crippen molar-refractivity contribution in [1.82, 2.24) is 15.2 Å². The summed E-state index contributed by atoms with van der Waals surface area (Å²) < 4.78 is 5.84. The molecule has 0 amide bonds. The van der Waals surface area contributed by atoms with E-state index in [4.69, 9.17) is 9.84 Å². The van der Waals surface area contributed by atoms with Crippen molar-refractivity contribution in [3.8, 4) is 5.75 Å². The number of aromatic carboxylic acids is 1. The Balaban J connectivity index is 1.78. The van der Waals surface area contributed by atoms with Crippen LogP contribution in [-0.4, -0.2) is 37.3 Å². The quantitative estimate of drug-likeness (QED) is 0.349. The fourth-order valence-electron chi connectivity index (χ4n) is 2.49. The number of carboxylic acids is 2. The molecule has 0 bridgehead atoms. The fourth-order valence-corrected chi connectivity index (χ4v) is 3.21. The standard InChI is InChI=1S/C21H19N3O5S/c1-2-18-22-21(24-23-18)30-17(20(27)28)11-15-5-3-4-6-16(15)29-12-13-7-9-14(10-8-13)19(25)26/h3-11H,2,12H2,1H3,(H,25,26)(H,27,28)(H,22,23,24)/b17-11-. The number of H-pyrrole nitrogens is 1. The van der Waals surface area contributed by atoms with Crippen molar-refractivity contribution in [2.75, 3.05) is 0 Å². The molecular weight excluding hydrogens is 406 g/mol. The molecule has 0 saturated carbocycles. The zero-order valence-electron chi connectivity index (χ0n) is 16.0. The molecule has 0 fully saturated rings. The van der Waals surface area contributed by atoms with Crippen LogP contribution < -0.4 is 4.74 Å². The van der Waals surface area contributed by atoms with Gasteiger partial charge in [0.2, 0.25) is 5.16 Å². The van der Waals surface area contributed by atoms with Gasteiger partial charge in [-0.2, -0.15) is 0 Å². The van der Waals surface area contributed by atoms with Crippen molar-refractivity contribution in [2.45, 2.75) is 25.1 Å². The van der Waals surface area contributed by atoms with E-state index in [1.54, 1.807) is 36.4 Å². The smallest absolute Gasteiger partial charge is 0.342 e. The number of benzene rings is 2. The van der Waals surface area contributed by atoms with E-state index in [-0.39, 0.29) is 17.1 Å². The Morgan fingerprint density at radius 2 is 1.87 bits per heavy atom. The molecule has 30 heavy (non-hydrogen) atoms. The highest BCUT2D eigenvalue weighted by molar-refractivity contribution is 8.04. The van der Waals surface area contributed by atoms with Crippen LogP contribution in [0.15, 0.2) is 58.6 Å². The number of rotatable bonds is 9. The van der Waals surface area contributed by atoms with Gasteiger partial charge in [-0.3, -0.25) is 5.10 Å². The highest BCUT2D eigenvalue weighted by Crippen LogP contribution is 2.29. The first-order chi connectivity index (χ1) is 14.5. The SMILES string of the molecule is CCc1nc(S/C(=C\c2ccccc2OCc2ccc(C(=O)O)cc2)C(=O)O)n[nH]1. The van der Waals surface area contributed by atoms with E-state index in [0.29, 0.717) is 28.7 Å². The van der Waals surface area contributed by atoms with Crippen molar-refractivity contribution in [3.05, 3.63) is 76.0 Å². The third-order valence-corrected chi connectivity index (χ3v) is 4.94. The van der Waals surface area contributed by atoms with E-state index in [0.717, 1.165) is 17.3 Å². The van der Waals surface area contributed by atoms with Crippen LogP contribution in [0.3, 0.4) is 0 Å². The van der Waals surface area contributed by atoms with E-state index >= 15 is 0 Å². The first-order valence-electron chi connectivity index (χ1n) is 9.04. The predicted molar refractivity (Wildman–Crippen MR) is 111 cm³/mol. The van der Waals surface area contributed by atoms with Crippen LogP contribution in [0.1, 0.15) is 34.2 Å². The molecule has 0 aliphatic rings. The summed E-state index contributed by atoms with van der Waals surface area (Å²) in [7, 11) is 0. The van der Waals surface area contributed by atoms with Crippen molar-refractivity contribution in [1.29, 1.82) is 0 Å². The zero-order chi connectivity index (χ0) is 21.5. The lowest BCUT2D eigenvalue weighted by atomic mass is 10.1. The molecule has 1 aromatic heterocycles.